The second kappa shape index (κ2) is 13.3. The molecule has 0 fully saturated rings. The summed E-state index contributed by atoms with van der Waals surface area (Å²) in [4.78, 5) is 28.0. The molecule has 1 N–H and O–H groups in total. The van der Waals surface area contributed by atoms with Crippen LogP contribution in [0.3, 0.4) is 0 Å². The Kier molecular flexibility index (Phi) is 11.0. The molecule has 210 valence electrons. The maximum Gasteiger partial charge on any atom is 0.416 e. The smallest absolute Gasteiger partial charge is 0.352 e. The van der Waals surface area contributed by atoms with Gasteiger partial charge in [0.15, 0.2) is 0 Å². The van der Waals surface area contributed by atoms with Gasteiger partial charge >= 0.3 is 6.18 Å². The molecule has 0 saturated heterocycles. The maximum atomic E-state index is 13.6. The number of alkyl halides is 3. The van der Waals surface area contributed by atoms with Gasteiger partial charge in [-0.3, -0.25) is 13.9 Å². The minimum absolute atomic E-state index is 0.0865. The van der Waals surface area contributed by atoms with Gasteiger partial charge < -0.3 is 10.2 Å². The van der Waals surface area contributed by atoms with E-state index in [1.165, 1.54) is 4.90 Å². The number of benzene rings is 2. The second-order valence-electron chi connectivity index (χ2n) is 9.00. The summed E-state index contributed by atoms with van der Waals surface area (Å²) in [6.45, 7) is 4.70. The number of carbonyl (C=O) groups is 2. The first-order valence-electron chi connectivity index (χ1n) is 12.2. The Labute approximate surface area is 227 Å². The van der Waals surface area contributed by atoms with Crippen molar-refractivity contribution in [2.75, 3.05) is 23.7 Å². The lowest BCUT2D eigenvalue weighted by Crippen LogP contribution is -2.54. The Morgan fingerprint density at radius 3 is 2.21 bits per heavy atom. The summed E-state index contributed by atoms with van der Waals surface area (Å²) in [6.07, 6.45) is -2.70. The molecule has 2 aromatic rings. The van der Waals surface area contributed by atoms with E-state index in [2.05, 4.69) is 5.32 Å². The number of sulfonamides is 1. The molecule has 0 spiro atoms. The van der Waals surface area contributed by atoms with E-state index in [1.54, 1.807) is 6.92 Å². The van der Waals surface area contributed by atoms with Crippen molar-refractivity contribution in [1.29, 1.82) is 0 Å². The SMILES string of the molecule is CC[C@H](C)NC(=O)[C@H](CC)N(CCc1ccccc1)C(=O)CN(c1cc(C(F)(F)F)ccc1Cl)S(C)(=O)=O. The van der Waals surface area contributed by atoms with Gasteiger partial charge in [0.25, 0.3) is 0 Å². The van der Waals surface area contributed by atoms with Crippen molar-refractivity contribution < 1.29 is 31.2 Å². The van der Waals surface area contributed by atoms with E-state index in [-0.39, 0.29) is 24.0 Å². The summed E-state index contributed by atoms with van der Waals surface area (Å²) in [7, 11) is -4.24. The molecular weight excluding hydrogens is 543 g/mol. The zero-order chi connectivity index (χ0) is 28.7. The van der Waals surface area contributed by atoms with Crippen LogP contribution in [0.5, 0.6) is 0 Å². The van der Waals surface area contributed by atoms with E-state index in [0.29, 0.717) is 23.2 Å². The van der Waals surface area contributed by atoms with E-state index in [0.717, 1.165) is 24.0 Å². The highest BCUT2D eigenvalue weighted by Gasteiger charge is 2.35. The van der Waals surface area contributed by atoms with Gasteiger partial charge in [0.2, 0.25) is 21.8 Å². The first kappa shape index (κ1) is 31.4. The van der Waals surface area contributed by atoms with Gasteiger partial charge in [-0.05, 0) is 49.9 Å². The quantitative estimate of drug-likeness (QED) is 0.390. The minimum Gasteiger partial charge on any atom is -0.352 e. The molecule has 0 aliphatic rings. The molecule has 0 unspecified atom stereocenters. The molecule has 2 aromatic carbocycles. The first-order chi connectivity index (χ1) is 17.7. The summed E-state index contributed by atoms with van der Waals surface area (Å²) in [5.41, 5.74) is -0.695. The lowest BCUT2D eigenvalue weighted by atomic mass is 10.1. The largest absolute Gasteiger partial charge is 0.416 e. The highest BCUT2D eigenvalue weighted by Crippen LogP contribution is 2.36. The summed E-state index contributed by atoms with van der Waals surface area (Å²) in [6, 6.07) is 10.4. The molecule has 2 rings (SSSR count). The number of amides is 2. The molecule has 38 heavy (non-hydrogen) atoms. The van der Waals surface area contributed by atoms with Crippen LogP contribution in [0.4, 0.5) is 18.9 Å². The van der Waals surface area contributed by atoms with Crippen LogP contribution in [0.1, 0.15) is 44.7 Å². The number of rotatable bonds is 12. The zero-order valence-electron chi connectivity index (χ0n) is 21.8. The topological polar surface area (TPSA) is 86.8 Å². The predicted molar refractivity (Wildman–Crippen MR) is 142 cm³/mol. The van der Waals surface area contributed by atoms with Crippen LogP contribution in [0.25, 0.3) is 0 Å². The molecule has 0 saturated carbocycles. The molecule has 2 amide bonds. The molecule has 0 aromatic heterocycles. The van der Waals surface area contributed by atoms with Crippen LogP contribution in [-0.4, -0.2) is 56.6 Å². The van der Waals surface area contributed by atoms with E-state index >= 15 is 0 Å². The summed E-state index contributed by atoms with van der Waals surface area (Å²) < 4.78 is 66.0. The van der Waals surface area contributed by atoms with Crippen molar-refractivity contribution in [1.82, 2.24) is 10.2 Å². The number of carbonyl (C=O) groups excluding carboxylic acids is 2. The van der Waals surface area contributed by atoms with Crippen LogP contribution >= 0.6 is 11.6 Å². The average Bonchev–Trinajstić information content (AvgIpc) is 2.84. The van der Waals surface area contributed by atoms with Gasteiger partial charge in [0, 0.05) is 12.6 Å². The van der Waals surface area contributed by atoms with Crippen molar-refractivity contribution in [2.24, 2.45) is 0 Å². The van der Waals surface area contributed by atoms with Crippen LogP contribution in [0, 0.1) is 0 Å². The van der Waals surface area contributed by atoms with Crippen LogP contribution in [-0.2, 0) is 32.2 Å². The van der Waals surface area contributed by atoms with Crippen molar-refractivity contribution in [3.05, 3.63) is 64.7 Å². The van der Waals surface area contributed by atoms with E-state index in [9.17, 15) is 31.2 Å². The van der Waals surface area contributed by atoms with E-state index in [1.807, 2.05) is 44.2 Å². The lowest BCUT2D eigenvalue weighted by molar-refractivity contribution is -0.139. The molecule has 0 radical (unpaired) electrons. The highest BCUT2D eigenvalue weighted by molar-refractivity contribution is 7.92. The van der Waals surface area contributed by atoms with Gasteiger partial charge in [-0.1, -0.05) is 55.8 Å². The highest BCUT2D eigenvalue weighted by atomic mass is 35.5. The fourth-order valence-electron chi connectivity index (χ4n) is 3.81. The van der Waals surface area contributed by atoms with Crippen molar-refractivity contribution in [3.63, 3.8) is 0 Å². The van der Waals surface area contributed by atoms with Crippen LogP contribution in [0.2, 0.25) is 5.02 Å². The summed E-state index contributed by atoms with van der Waals surface area (Å²) >= 11 is 6.10. The normalized spacial score (nSPS) is 13.5. The number of nitrogens with one attached hydrogen (secondary N) is 1. The fourth-order valence-corrected chi connectivity index (χ4v) is 4.93. The van der Waals surface area contributed by atoms with E-state index < -0.39 is 51.9 Å². The number of halogens is 4. The number of nitrogens with zero attached hydrogens (tertiary/aromatic N) is 2. The third-order valence-electron chi connectivity index (χ3n) is 6.09. The standard InChI is InChI=1S/C26H33ClF3N3O4S/c1-5-18(3)31-25(35)22(6-2)32(15-14-19-10-8-7-9-11-19)24(34)17-33(38(4,36)37)23-16-20(26(28,29)30)12-13-21(23)27/h7-13,16,18,22H,5-6,14-15,17H2,1-4H3,(H,31,35)/t18-,22-/m0/s1. The number of anilines is 1. The van der Waals surface area contributed by atoms with Gasteiger partial charge in [0.1, 0.15) is 12.6 Å². The molecule has 0 aliphatic heterocycles. The van der Waals surface area contributed by atoms with Gasteiger partial charge in [-0.25, -0.2) is 8.42 Å². The van der Waals surface area contributed by atoms with Gasteiger partial charge in [0.05, 0.1) is 22.5 Å². The number of hydrogen-bond acceptors (Lipinski definition) is 4. The third-order valence-corrected chi connectivity index (χ3v) is 7.54. The van der Waals surface area contributed by atoms with Crippen LogP contribution in [0.15, 0.2) is 48.5 Å². The fraction of sp³-hybridized carbons (Fsp3) is 0.462. The second-order valence-corrected chi connectivity index (χ2v) is 11.3. The Bertz CT molecular complexity index is 1210. The first-order valence-corrected chi connectivity index (χ1v) is 14.4. The predicted octanol–water partition coefficient (Wildman–Crippen LogP) is 4.89. The lowest BCUT2D eigenvalue weighted by Gasteiger charge is -2.33. The molecule has 0 bridgehead atoms. The average molecular weight is 576 g/mol. The monoisotopic (exact) mass is 575 g/mol. The third kappa shape index (κ3) is 8.62. The molecule has 12 heteroatoms. The van der Waals surface area contributed by atoms with Gasteiger partial charge in [-0.15, -0.1) is 0 Å². The Balaban J connectivity index is 2.47. The molecule has 7 nitrogen and oxygen atoms in total. The summed E-state index contributed by atoms with van der Waals surface area (Å²) in [5, 5.41) is 2.58. The Morgan fingerprint density at radius 1 is 1.05 bits per heavy atom. The van der Waals surface area contributed by atoms with Crippen molar-refractivity contribution >= 4 is 39.1 Å². The van der Waals surface area contributed by atoms with Gasteiger partial charge in [-0.2, -0.15) is 13.2 Å². The Morgan fingerprint density at radius 2 is 1.68 bits per heavy atom. The molecule has 0 heterocycles. The Hall–Kier alpha value is -2.79. The maximum absolute atomic E-state index is 13.6. The van der Waals surface area contributed by atoms with Crippen LogP contribution < -0.4 is 9.62 Å². The minimum atomic E-state index is -4.75. The zero-order valence-corrected chi connectivity index (χ0v) is 23.3. The van der Waals surface area contributed by atoms with Crippen molar-refractivity contribution in [2.45, 2.75) is 58.3 Å². The molecule has 2 atom stereocenters. The van der Waals surface area contributed by atoms with E-state index in [4.69, 9.17) is 11.6 Å². The summed E-state index contributed by atoms with van der Waals surface area (Å²) in [5.74, 6) is -1.14. The van der Waals surface area contributed by atoms with Crippen molar-refractivity contribution in [3.8, 4) is 0 Å². The molecule has 0 aliphatic carbocycles. The molecular formula is C26H33ClF3N3O4S. The number of hydrogen-bond donors (Lipinski definition) is 1.